The molecule has 0 bridgehead atoms. The molecule has 0 unspecified atom stereocenters. The van der Waals surface area contributed by atoms with Crippen molar-refractivity contribution in [3.8, 4) is 28.7 Å². The van der Waals surface area contributed by atoms with Crippen LogP contribution in [-0.4, -0.2) is 76.8 Å². The predicted octanol–water partition coefficient (Wildman–Crippen LogP) is 1.70. The van der Waals surface area contributed by atoms with Gasteiger partial charge in [0.15, 0.2) is 29.8 Å². The number of aryl methyl sites for hydroxylation is 1. The summed E-state index contributed by atoms with van der Waals surface area (Å²) in [6.45, 7) is -1.14. The second kappa shape index (κ2) is 13.0. The minimum atomic E-state index is -0.929. The molecule has 1 fully saturated rings. The zero-order valence-corrected chi connectivity index (χ0v) is 20.5. The molecule has 0 radical (unpaired) electrons. The number of hydrogen-bond acceptors (Lipinski definition) is 10. The van der Waals surface area contributed by atoms with Crippen LogP contribution in [0.5, 0.6) is 28.7 Å². The average molecular weight is 509 g/mol. The van der Waals surface area contributed by atoms with Crippen molar-refractivity contribution < 1.29 is 49.6 Å². The van der Waals surface area contributed by atoms with E-state index < -0.39 is 37.8 Å². The van der Waals surface area contributed by atoms with E-state index >= 15 is 0 Å². The van der Waals surface area contributed by atoms with Crippen molar-refractivity contribution >= 4 is 0 Å². The molecular weight excluding hydrogens is 472 g/mol. The highest BCUT2D eigenvalue weighted by molar-refractivity contribution is 5.53. The molecule has 0 saturated heterocycles. The van der Waals surface area contributed by atoms with E-state index in [1.54, 1.807) is 24.3 Å². The van der Waals surface area contributed by atoms with E-state index in [1.165, 1.54) is 20.3 Å². The van der Waals surface area contributed by atoms with Crippen LogP contribution in [0.2, 0.25) is 0 Å². The maximum Gasteiger partial charge on any atom is 0.200 e. The molecular formula is C26H36O10. The molecule has 10 nitrogen and oxygen atoms in total. The minimum Gasteiger partial charge on any atom is -0.504 e. The first-order chi connectivity index (χ1) is 17.3. The monoisotopic (exact) mass is 508 g/mol. The number of phenolic OH excluding ortho intramolecular Hbond substituents is 2. The van der Waals surface area contributed by atoms with E-state index in [0.717, 1.165) is 5.56 Å². The van der Waals surface area contributed by atoms with Crippen molar-refractivity contribution in [2.45, 2.75) is 50.4 Å². The lowest BCUT2D eigenvalue weighted by atomic mass is 9.71. The smallest absolute Gasteiger partial charge is 0.200 e. The van der Waals surface area contributed by atoms with Crippen molar-refractivity contribution in [2.75, 3.05) is 27.8 Å². The summed E-state index contributed by atoms with van der Waals surface area (Å²) in [6, 6.07) is 8.21. The SMILES string of the molecule is COc1cc(CC[C@H](OCO)[C@H]2CC[C@H](O)[C@@H](Cc3cc(OC)c(O)c(OCO)c3)[C@@H]2O)ccc1O. The Morgan fingerprint density at radius 3 is 2.25 bits per heavy atom. The van der Waals surface area contributed by atoms with Gasteiger partial charge in [-0.3, -0.25) is 0 Å². The molecule has 1 aliphatic carbocycles. The van der Waals surface area contributed by atoms with Crippen molar-refractivity contribution in [3.05, 3.63) is 41.5 Å². The fourth-order valence-electron chi connectivity index (χ4n) is 5.02. The molecule has 1 saturated carbocycles. The van der Waals surface area contributed by atoms with Gasteiger partial charge in [0.05, 0.1) is 32.5 Å². The van der Waals surface area contributed by atoms with Crippen molar-refractivity contribution in [3.63, 3.8) is 0 Å². The molecule has 3 rings (SSSR count). The molecule has 6 N–H and O–H groups in total. The quantitative estimate of drug-likeness (QED) is 0.233. The fraction of sp³-hybridized carbons (Fsp3) is 0.538. The van der Waals surface area contributed by atoms with Crippen LogP contribution < -0.4 is 14.2 Å². The Hall–Kier alpha value is -2.76. The highest BCUT2D eigenvalue weighted by atomic mass is 16.6. The molecule has 0 spiro atoms. The van der Waals surface area contributed by atoms with Gasteiger partial charge in [-0.15, -0.1) is 0 Å². The lowest BCUT2D eigenvalue weighted by Gasteiger charge is -2.41. The topological polar surface area (TPSA) is 158 Å². The second-order valence-electron chi connectivity index (χ2n) is 8.96. The molecule has 0 aliphatic heterocycles. The van der Waals surface area contributed by atoms with E-state index in [2.05, 4.69) is 0 Å². The van der Waals surface area contributed by atoms with Crippen molar-refractivity contribution in [2.24, 2.45) is 11.8 Å². The van der Waals surface area contributed by atoms with Gasteiger partial charge in [-0.1, -0.05) is 6.07 Å². The summed E-state index contributed by atoms with van der Waals surface area (Å²) in [6.07, 6.45) is 0.117. The number of aromatic hydroxyl groups is 2. The Bertz CT molecular complexity index is 981. The summed E-state index contributed by atoms with van der Waals surface area (Å²) in [5.41, 5.74) is 1.55. The predicted molar refractivity (Wildman–Crippen MR) is 129 cm³/mol. The number of hydrogen-bond donors (Lipinski definition) is 6. The number of rotatable bonds is 12. The standard InChI is InChI=1S/C26H36O10/c1-33-22-10-15(3-6-20(22)30)4-8-21(35-13-27)17-5-7-19(29)18(25(17)31)9-16-11-23(34-2)26(32)24(12-16)36-14-28/h3,6,10-12,17-19,21,25,27-32H,4-5,7-9,13-14H2,1-2H3/t17-,18-,19+,21+,25-/m1/s1. The van der Waals surface area contributed by atoms with Gasteiger partial charge in [-0.05, 0) is 67.5 Å². The van der Waals surface area contributed by atoms with Gasteiger partial charge in [-0.2, -0.15) is 0 Å². The summed E-state index contributed by atoms with van der Waals surface area (Å²) in [7, 11) is 2.87. The summed E-state index contributed by atoms with van der Waals surface area (Å²) < 4.78 is 21.1. The molecule has 200 valence electrons. The first kappa shape index (κ1) is 27.8. The Balaban J connectivity index is 1.77. The van der Waals surface area contributed by atoms with Gasteiger partial charge in [0.2, 0.25) is 5.75 Å². The van der Waals surface area contributed by atoms with Crippen LogP contribution in [-0.2, 0) is 17.6 Å². The van der Waals surface area contributed by atoms with E-state index in [1.807, 2.05) is 0 Å². The van der Waals surface area contributed by atoms with Gasteiger partial charge >= 0.3 is 0 Å². The number of phenols is 2. The Kier molecular flexibility index (Phi) is 10.0. The third kappa shape index (κ3) is 6.51. The van der Waals surface area contributed by atoms with E-state index in [0.29, 0.717) is 37.0 Å². The Labute approximate surface area is 210 Å². The first-order valence-corrected chi connectivity index (χ1v) is 11.9. The maximum absolute atomic E-state index is 11.3. The summed E-state index contributed by atoms with van der Waals surface area (Å²) >= 11 is 0. The van der Waals surface area contributed by atoms with Crippen LogP contribution in [0, 0.1) is 11.8 Å². The molecule has 5 atom stereocenters. The Morgan fingerprint density at radius 2 is 1.58 bits per heavy atom. The van der Waals surface area contributed by atoms with Gasteiger partial charge in [0.25, 0.3) is 0 Å². The van der Waals surface area contributed by atoms with Crippen molar-refractivity contribution in [1.82, 2.24) is 0 Å². The highest BCUT2D eigenvalue weighted by Gasteiger charge is 2.41. The molecule has 2 aromatic rings. The third-order valence-corrected chi connectivity index (χ3v) is 6.91. The van der Waals surface area contributed by atoms with Crippen LogP contribution in [0.25, 0.3) is 0 Å². The Morgan fingerprint density at radius 1 is 0.889 bits per heavy atom. The van der Waals surface area contributed by atoms with E-state index in [4.69, 9.17) is 24.1 Å². The second-order valence-corrected chi connectivity index (χ2v) is 8.96. The molecule has 1 aliphatic rings. The third-order valence-electron chi connectivity index (χ3n) is 6.91. The largest absolute Gasteiger partial charge is 0.504 e. The number of aliphatic hydroxyl groups is 4. The number of benzene rings is 2. The lowest BCUT2D eigenvalue weighted by molar-refractivity contribution is -0.136. The number of methoxy groups -OCH3 is 2. The first-order valence-electron chi connectivity index (χ1n) is 11.9. The average Bonchev–Trinajstić information content (AvgIpc) is 2.87. The zero-order valence-electron chi connectivity index (χ0n) is 20.5. The van der Waals surface area contributed by atoms with Gasteiger partial charge in [0, 0.05) is 11.8 Å². The summed E-state index contributed by atoms with van der Waals surface area (Å²) in [5.74, 6) is -0.535. The fourth-order valence-corrected chi connectivity index (χ4v) is 5.02. The van der Waals surface area contributed by atoms with E-state index in [9.17, 15) is 25.5 Å². The van der Waals surface area contributed by atoms with Crippen LogP contribution in [0.1, 0.15) is 30.4 Å². The number of ether oxygens (including phenoxy) is 4. The summed E-state index contributed by atoms with van der Waals surface area (Å²) in [4.78, 5) is 0. The zero-order chi connectivity index (χ0) is 26.2. The lowest BCUT2D eigenvalue weighted by Crippen LogP contribution is -2.48. The number of aliphatic hydroxyl groups excluding tert-OH is 4. The molecule has 0 heterocycles. The normalized spacial score (nSPS) is 22.7. The maximum atomic E-state index is 11.3. The van der Waals surface area contributed by atoms with Crippen LogP contribution in [0.4, 0.5) is 0 Å². The molecule has 10 heteroatoms. The van der Waals surface area contributed by atoms with Gasteiger partial charge < -0.3 is 49.6 Å². The highest BCUT2D eigenvalue weighted by Crippen LogP contribution is 2.41. The molecule has 2 aromatic carbocycles. The van der Waals surface area contributed by atoms with Gasteiger partial charge in [-0.25, -0.2) is 0 Å². The molecule has 36 heavy (non-hydrogen) atoms. The van der Waals surface area contributed by atoms with E-state index in [-0.39, 0.29) is 35.3 Å². The van der Waals surface area contributed by atoms with Crippen LogP contribution in [0.3, 0.4) is 0 Å². The van der Waals surface area contributed by atoms with Gasteiger partial charge in [0.1, 0.15) is 6.79 Å². The minimum absolute atomic E-state index is 0.0361. The van der Waals surface area contributed by atoms with Crippen LogP contribution in [0.15, 0.2) is 30.3 Å². The summed E-state index contributed by atoms with van der Waals surface area (Å²) in [5, 5.41) is 60.7. The van der Waals surface area contributed by atoms with Crippen LogP contribution >= 0.6 is 0 Å². The van der Waals surface area contributed by atoms with Crippen molar-refractivity contribution in [1.29, 1.82) is 0 Å². The molecule has 0 amide bonds. The molecule has 0 aromatic heterocycles.